The summed E-state index contributed by atoms with van der Waals surface area (Å²) in [6.45, 7) is 8.25. The van der Waals surface area contributed by atoms with Gasteiger partial charge in [0.1, 0.15) is 11.3 Å². The van der Waals surface area contributed by atoms with Crippen molar-refractivity contribution in [3.8, 4) is 0 Å². The highest BCUT2D eigenvalue weighted by atomic mass is 16.6. The fourth-order valence-corrected chi connectivity index (χ4v) is 1.94. The van der Waals surface area contributed by atoms with Crippen molar-refractivity contribution in [1.82, 2.24) is 4.90 Å². The van der Waals surface area contributed by atoms with Gasteiger partial charge in [-0.2, -0.15) is 0 Å². The molecule has 0 saturated carbocycles. The minimum absolute atomic E-state index is 0.113. The Morgan fingerprint density at radius 1 is 1.38 bits per heavy atom. The number of nitro groups is 1. The zero-order valence-corrected chi connectivity index (χ0v) is 13.3. The van der Waals surface area contributed by atoms with Crippen molar-refractivity contribution >= 4 is 17.3 Å². The number of hydrogen-bond acceptors (Lipinski definition) is 4. The molecular formula is C15H23N3O3. The largest absolute Gasteiger partial charge is 0.380 e. The van der Waals surface area contributed by atoms with Gasteiger partial charge in [0.15, 0.2) is 0 Å². The van der Waals surface area contributed by atoms with Gasteiger partial charge in [-0.15, -0.1) is 0 Å². The molecule has 0 fully saturated rings. The van der Waals surface area contributed by atoms with Crippen molar-refractivity contribution in [1.29, 1.82) is 0 Å². The highest BCUT2D eigenvalue weighted by Gasteiger charge is 2.32. The maximum atomic E-state index is 12.6. The van der Waals surface area contributed by atoms with Crippen LogP contribution in [0, 0.1) is 10.1 Å². The van der Waals surface area contributed by atoms with Crippen LogP contribution in [0.4, 0.5) is 11.4 Å². The van der Waals surface area contributed by atoms with Crippen molar-refractivity contribution in [3.63, 3.8) is 0 Å². The van der Waals surface area contributed by atoms with E-state index in [1.54, 1.807) is 24.1 Å². The van der Waals surface area contributed by atoms with Gasteiger partial charge in [0.2, 0.25) is 0 Å². The standard InChI is InChI=1S/C15H23N3O3/c1-6-15(3,4)17(5)14(19)11-9-8-10-12(16-7-2)13(11)18(20)21/h8-10,16H,6-7H2,1-5H3. The van der Waals surface area contributed by atoms with Gasteiger partial charge < -0.3 is 10.2 Å². The molecule has 1 rings (SSSR count). The number of nitrogens with zero attached hydrogens (tertiary/aromatic N) is 2. The van der Waals surface area contributed by atoms with E-state index in [-0.39, 0.29) is 22.7 Å². The molecule has 6 heteroatoms. The summed E-state index contributed by atoms with van der Waals surface area (Å²) in [5, 5.41) is 14.3. The smallest absolute Gasteiger partial charge is 0.305 e. The Morgan fingerprint density at radius 3 is 2.48 bits per heavy atom. The normalized spacial score (nSPS) is 11.1. The second kappa shape index (κ2) is 6.56. The molecule has 0 spiro atoms. The minimum atomic E-state index is -0.502. The molecule has 0 aromatic heterocycles. The molecule has 0 bridgehead atoms. The van der Waals surface area contributed by atoms with Crippen molar-refractivity contribution in [2.24, 2.45) is 0 Å². The van der Waals surface area contributed by atoms with E-state index < -0.39 is 4.92 Å². The number of amides is 1. The molecule has 116 valence electrons. The first kappa shape index (κ1) is 16.9. The maximum absolute atomic E-state index is 12.6. The van der Waals surface area contributed by atoms with E-state index in [0.29, 0.717) is 12.2 Å². The number of carbonyl (C=O) groups excluding carboxylic acids is 1. The van der Waals surface area contributed by atoms with E-state index in [1.165, 1.54) is 6.07 Å². The average Bonchev–Trinajstić information content (AvgIpc) is 2.45. The molecule has 1 aromatic rings. The van der Waals surface area contributed by atoms with E-state index in [9.17, 15) is 14.9 Å². The first-order valence-corrected chi connectivity index (χ1v) is 7.05. The number of hydrogen-bond donors (Lipinski definition) is 1. The Labute approximate surface area is 125 Å². The zero-order chi connectivity index (χ0) is 16.2. The summed E-state index contributed by atoms with van der Waals surface area (Å²) in [4.78, 5) is 25.0. The second-order valence-corrected chi connectivity index (χ2v) is 5.52. The molecule has 0 unspecified atom stereocenters. The maximum Gasteiger partial charge on any atom is 0.305 e. The van der Waals surface area contributed by atoms with Gasteiger partial charge in [0.25, 0.3) is 5.91 Å². The molecule has 1 aromatic carbocycles. The lowest BCUT2D eigenvalue weighted by atomic mass is 9.98. The lowest BCUT2D eigenvalue weighted by molar-refractivity contribution is -0.384. The lowest BCUT2D eigenvalue weighted by Crippen LogP contribution is -2.44. The summed E-state index contributed by atoms with van der Waals surface area (Å²) in [5.74, 6) is -0.340. The molecule has 1 amide bonds. The number of para-hydroxylation sites is 1. The fraction of sp³-hybridized carbons (Fsp3) is 0.533. The molecule has 0 heterocycles. The molecule has 21 heavy (non-hydrogen) atoms. The Bertz CT molecular complexity index is 541. The van der Waals surface area contributed by atoms with Crippen molar-refractivity contribution < 1.29 is 9.72 Å². The summed E-state index contributed by atoms with van der Waals surface area (Å²) in [6, 6.07) is 4.78. The van der Waals surface area contributed by atoms with Crippen LogP contribution in [0.2, 0.25) is 0 Å². The first-order valence-electron chi connectivity index (χ1n) is 7.05. The third-order valence-corrected chi connectivity index (χ3v) is 3.89. The molecule has 0 aliphatic carbocycles. The van der Waals surface area contributed by atoms with Crippen LogP contribution < -0.4 is 5.32 Å². The molecule has 0 aliphatic rings. The zero-order valence-electron chi connectivity index (χ0n) is 13.3. The fourth-order valence-electron chi connectivity index (χ4n) is 1.94. The van der Waals surface area contributed by atoms with E-state index in [4.69, 9.17) is 0 Å². The van der Waals surface area contributed by atoms with E-state index in [2.05, 4.69) is 5.32 Å². The minimum Gasteiger partial charge on any atom is -0.380 e. The number of nitro benzene ring substituents is 1. The van der Waals surface area contributed by atoms with Crippen LogP contribution in [-0.2, 0) is 0 Å². The van der Waals surface area contributed by atoms with E-state index >= 15 is 0 Å². The summed E-state index contributed by atoms with van der Waals surface area (Å²) in [5.41, 5.74) is -0.0410. The molecular weight excluding hydrogens is 270 g/mol. The van der Waals surface area contributed by atoms with Gasteiger partial charge in [-0.05, 0) is 39.3 Å². The molecule has 0 radical (unpaired) electrons. The highest BCUT2D eigenvalue weighted by molar-refractivity contribution is 6.00. The number of carbonyl (C=O) groups is 1. The third kappa shape index (κ3) is 3.51. The van der Waals surface area contributed by atoms with Crippen LogP contribution in [0.25, 0.3) is 0 Å². The van der Waals surface area contributed by atoms with Crippen LogP contribution in [-0.4, -0.2) is 34.9 Å². The molecule has 1 N–H and O–H groups in total. The van der Waals surface area contributed by atoms with Crippen LogP contribution in [0.3, 0.4) is 0 Å². The van der Waals surface area contributed by atoms with Crippen LogP contribution in [0.1, 0.15) is 44.5 Å². The van der Waals surface area contributed by atoms with Gasteiger partial charge in [-0.25, -0.2) is 0 Å². The van der Waals surface area contributed by atoms with Crippen molar-refractivity contribution in [3.05, 3.63) is 33.9 Å². The molecule has 0 atom stereocenters. The van der Waals surface area contributed by atoms with Gasteiger partial charge in [0.05, 0.1) is 4.92 Å². The molecule has 6 nitrogen and oxygen atoms in total. The number of rotatable bonds is 6. The molecule has 0 saturated heterocycles. The quantitative estimate of drug-likeness (QED) is 0.645. The van der Waals surface area contributed by atoms with Crippen LogP contribution in [0.15, 0.2) is 18.2 Å². The summed E-state index contributed by atoms with van der Waals surface area (Å²) in [7, 11) is 1.68. The topological polar surface area (TPSA) is 75.5 Å². The average molecular weight is 293 g/mol. The van der Waals surface area contributed by atoms with Crippen LogP contribution in [0.5, 0.6) is 0 Å². The van der Waals surface area contributed by atoms with Gasteiger partial charge in [-0.1, -0.05) is 13.0 Å². The lowest BCUT2D eigenvalue weighted by Gasteiger charge is -2.34. The highest BCUT2D eigenvalue weighted by Crippen LogP contribution is 2.31. The van der Waals surface area contributed by atoms with E-state index in [0.717, 1.165) is 6.42 Å². The third-order valence-electron chi connectivity index (χ3n) is 3.89. The van der Waals surface area contributed by atoms with Crippen molar-refractivity contribution in [2.75, 3.05) is 18.9 Å². The van der Waals surface area contributed by atoms with Gasteiger partial charge in [-0.3, -0.25) is 14.9 Å². The summed E-state index contributed by atoms with van der Waals surface area (Å²) < 4.78 is 0. The Balaban J connectivity index is 3.33. The number of nitrogens with one attached hydrogen (secondary N) is 1. The molecule has 0 aliphatic heterocycles. The number of benzene rings is 1. The SMILES string of the molecule is CCNc1cccc(C(=O)N(C)C(C)(C)CC)c1[N+](=O)[O-]. The monoisotopic (exact) mass is 293 g/mol. The summed E-state index contributed by atoms with van der Waals surface area (Å²) >= 11 is 0. The van der Waals surface area contributed by atoms with Crippen LogP contribution >= 0.6 is 0 Å². The van der Waals surface area contributed by atoms with Gasteiger partial charge >= 0.3 is 5.69 Å². The van der Waals surface area contributed by atoms with E-state index in [1.807, 2.05) is 27.7 Å². The summed E-state index contributed by atoms with van der Waals surface area (Å²) in [6.07, 6.45) is 0.760. The Hall–Kier alpha value is -2.11. The predicted molar refractivity (Wildman–Crippen MR) is 83.7 cm³/mol. The van der Waals surface area contributed by atoms with Crippen molar-refractivity contribution in [2.45, 2.75) is 39.7 Å². The number of anilines is 1. The Morgan fingerprint density at radius 2 is 2.00 bits per heavy atom. The predicted octanol–water partition coefficient (Wildman–Crippen LogP) is 3.29. The second-order valence-electron chi connectivity index (χ2n) is 5.52. The Kier molecular flexibility index (Phi) is 5.29. The first-order chi connectivity index (χ1) is 9.76. The van der Waals surface area contributed by atoms with Gasteiger partial charge in [0, 0.05) is 19.1 Å².